The first-order valence-electron chi connectivity index (χ1n) is 6.71. The van der Waals surface area contributed by atoms with Gasteiger partial charge in [0.15, 0.2) is 11.5 Å². The minimum absolute atomic E-state index is 0.161. The van der Waals surface area contributed by atoms with Crippen molar-refractivity contribution in [2.24, 2.45) is 0 Å². The number of nitrogens with zero attached hydrogens (tertiary/aromatic N) is 1. The van der Waals surface area contributed by atoms with Gasteiger partial charge in [0.25, 0.3) is 0 Å². The lowest BCUT2D eigenvalue weighted by atomic mass is 10.1. The van der Waals surface area contributed by atoms with Crippen LogP contribution in [0.3, 0.4) is 0 Å². The highest BCUT2D eigenvalue weighted by Gasteiger charge is 2.29. The van der Waals surface area contributed by atoms with Crippen LogP contribution in [0.1, 0.15) is 25.3 Å². The molecule has 19 heavy (non-hydrogen) atoms. The molecule has 1 amide bonds. The molecule has 0 radical (unpaired) electrons. The van der Waals surface area contributed by atoms with Crippen molar-refractivity contribution in [3.8, 4) is 11.5 Å². The Bertz CT molecular complexity index is 455. The summed E-state index contributed by atoms with van der Waals surface area (Å²) in [6.07, 6.45) is 2.68. The van der Waals surface area contributed by atoms with Crippen LogP contribution < -0.4 is 9.47 Å². The number of hydrogen-bond donors (Lipinski definition) is 0. The Hall–Kier alpha value is -1.71. The molecule has 0 aliphatic heterocycles. The molecule has 0 saturated heterocycles. The SMILES string of the molecule is CCOc1ccc(CC(=O)N(C)C2CC2)cc1OC. The molecule has 0 atom stereocenters. The Balaban J connectivity index is 2.05. The number of ether oxygens (including phenoxy) is 2. The average Bonchev–Trinajstić information content (AvgIpc) is 3.24. The van der Waals surface area contributed by atoms with Crippen LogP contribution in [-0.4, -0.2) is 37.6 Å². The third kappa shape index (κ3) is 3.40. The molecule has 1 aromatic carbocycles. The first kappa shape index (κ1) is 13.7. The summed E-state index contributed by atoms with van der Waals surface area (Å²) in [4.78, 5) is 13.9. The number of carbonyl (C=O) groups excluding carboxylic acids is 1. The van der Waals surface area contributed by atoms with E-state index in [1.165, 1.54) is 0 Å². The summed E-state index contributed by atoms with van der Waals surface area (Å²) in [5, 5.41) is 0. The average molecular weight is 263 g/mol. The lowest BCUT2D eigenvalue weighted by Gasteiger charge is -2.17. The first-order valence-corrected chi connectivity index (χ1v) is 6.71. The van der Waals surface area contributed by atoms with Crippen molar-refractivity contribution in [1.29, 1.82) is 0 Å². The normalized spacial score (nSPS) is 14.1. The van der Waals surface area contributed by atoms with E-state index in [4.69, 9.17) is 9.47 Å². The molecule has 1 saturated carbocycles. The lowest BCUT2D eigenvalue weighted by Crippen LogP contribution is -2.30. The molecule has 1 aromatic rings. The first-order chi connectivity index (χ1) is 9.15. The fourth-order valence-electron chi connectivity index (χ4n) is 2.06. The zero-order chi connectivity index (χ0) is 13.8. The number of likely N-dealkylation sites (N-methyl/N-ethyl adjacent to an activating group) is 1. The largest absolute Gasteiger partial charge is 0.493 e. The highest BCUT2D eigenvalue weighted by atomic mass is 16.5. The Morgan fingerprint density at radius 2 is 2.11 bits per heavy atom. The van der Waals surface area contributed by atoms with Gasteiger partial charge < -0.3 is 14.4 Å². The van der Waals surface area contributed by atoms with Crippen molar-refractivity contribution < 1.29 is 14.3 Å². The van der Waals surface area contributed by atoms with E-state index in [0.717, 1.165) is 24.2 Å². The molecule has 0 N–H and O–H groups in total. The number of methoxy groups -OCH3 is 1. The second-order valence-corrected chi connectivity index (χ2v) is 4.83. The number of rotatable bonds is 6. The number of benzene rings is 1. The minimum Gasteiger partial charge on any atom is -0.493 e. The Morgan fingerprint density at radius 3 is 2.68 bits per heavy atom. The summed E-state index contributed by atoms with van der Waals surface area (Å²) < 4.78 is 10.8. The van der Waals surface area contributed by atoms with Crippen LogP contribution in [0.5, 0.6) is 11.5 Å². The second-order valence-electron chi connectivity index (χ2n) is 4.83. The van der Waals surface area contributed by atoms with Gasteiger partial charge in [-0.05, 0) is 37.5 Å². The topological polar surface area (TPSA) is 38.8 Å². The minimum atomic E-state index is 0.161. The number of amides is 1. The summed E-state index contributed by atoms with van der Waals surface area (Å²) in [6.45, 7) is 2.53. The molecule has 0 unspecified atom stereocenters. The van der Waals surface area contributed by atoms with Crippen LogP contribution in [0.15, 0.2) is 18.2 Å². The van der Waals surface area contributed by atoms with Crippen LogP contribution in [0, 0.1) is 0 Å². The van der Waals surface area contributed by atoms with Gasteiger partial charge >= 0.3 is 0 Å². The van der Waals surface area contributed by atoms with Gasteiger partial charge in [0.05, 0.1) is 20.1 Å². The molecule has 4 heteroatoms. The molecule has 4 nitrogen and oxygen atoms in total. The zero-order valence-corrected chi connectivity index (χ0v) is 11.8. The van der Waals surface area contributed by atoms with E-state index in [1.54, 1.807) is 7.11 Å². The fourth-order valence-corrected chi connectivity index (χ4v) is 2.06. The maximum Gasteiger partial charge on any atom is 0.226 e. The van der Waals surface area contributed by atoms with Gasteiger partial charge in [0.2, 0.25) is 5.91 Å². The predicted molar refractivity (Wildman–Crippen MR) is 73.7 cm³/mol. The Labute approximate surface area is 114 Å². The van der Waals surface area contributed by atoms with Gasteiger partial charge in [0, 0.05) is 13.1 Å². The molecule has 0 aromatic heterocycles. The highest BCUT2D eigenvalue weighted by Crippen LogP contribution is 2.29. The van der Waals surface area contributed by atoms with E-state index in [2.05, 4.69) is 0 Å². The van der Waals surface area contributed by atoms with Crippen LogP contribution in [0.25, 0.3) is 0 Å². The summed E-state index contributed by atoms with van der Waals surface area (Å²) in [6, 6.07) is 6.12. The van der Waals surface area contributed by atoms with Crippen molar-refractivity contribution >= 4 is 5.91 Å². The maximum absolute atomic E-state index is 12.1. The Kier molecular flexibility index (Phi) is 4.30. The van der Waals surface area contributed by atoms with E-state index in [9.17, 15) is 4.79 Å². The van der Waals surface area contributed by atoms with Gasteiger partial charge in [-0.2, -0.15) is 0 Å². The van der Waals surface area contributed by atoms with Crippen molar-refractivity contribution in [3.63, 3.8) is 0 Å². The van der Waals surface area contributed by atoms with Gasteiger partial charge in [-0.3, -0.25) is 4.79 Å². The third-order valence-electron chi connectivity index (χ3n) is 3.37. The fraction of sp³-hybridized carbons (Fsp3) is 0.533. The van der Waals surface area contributed by atoms with E-state index >= 15 is 0 Å². The molecule has 1 fully saturated rings. The standard InChI is InChI=1S/C15H21NO3/c1-4-19-13-8-5-11(9-14(13)18-3)10-15(17)16(2)12-6-7-12/h5,8-9,12H,4,6-7,10H2,1-3H3. The van der Waals surface area contributed by atoms with Crippen molar-refractivity contribution in [1.82, 2.24) is 4.90 Å². The molecule has 0 spiro atoms. The maximum atomic E-state index is 12.1. The van der Waals surface area contributed by atoms with E-state index in [1.807, 2.05) is 37.1 Å². The van der Waals surface area contributed by atoms with Gasteiger partial charge in [-0.1, -0.05) is 6.07 Å². The van der Waals surface area contributed by atoms with Gasteiger partial charge in [-0.15, -0.1) is 0 Å². The monoisotopic (exact) mass is 263 g/mol. The van der Waals surface area contributed by atoms with Gasteiger partial charge in [-0.25, -0.2) is 0 Å². The molecular formula is C15H21NO3. The second kappa shape index (κ2) is 5.95. The predicted octanol–water partition coefficient (Wildman–Crippen LogP) is 2.26. The summed E-state index contributed by atoms with van der Waals surface area (Å²) in [5.74, 6) is 1.56. The Morgan fingerprint density at radius 1 is 1.37 bits per heavy atom. The molecular weight excluding hydrogens is 242 g/mol. The van der Waals surface area contributed by atoms with Crippen LogP contribution in [0.4, 0.5) is 0 Å². The molecule has 0 bridgehead atoms. The van der Waals surface area contributed by atoms with Crippen LogP contribution >= 0.6 is 0 Å². The summed E-state index contributed by atoms with van der Waals surface area (Å²) in [7, 11) is 3.49. The molecule has 1 aliphatic rings. The number of carbonyl (C=O) groups is 1. The smallest absolute Gasteiger partial charge is 0.226 e. The third-order valence-corrected chi connectivity index (χ3v) is 3.37. The molecule has 1 aliphatic carbocycles. The molecule has 0 heterocycles. The molecule has 2 rings (SSSR count). The summed E-state index contributed by atoms with van der Waals surface area (Å²) >= 11 is 0. The van der Waals surface area contributed by atoms with Crippen molar-refractivity contribution in [3.05, 3.63) is 23.8 Å². The van der Waals surface area contributed by atoms with Gasteiger partial charge in [0.1, 0.15) is 0 Å². The highest BCUT2D eigenvalue weighted by molar-refractivity contribution is 5.79. The van der Waals surface area contributed by atoms with Crippen molar-refractivity contribution in [2.45, 2.75) is 32.2 Å². The van der Waals surface area contributed by atoms with Crippen LogP contribution in [-0.2, 0) is 11.2 Å². The number of hydrogen-bond acceptors (Lipinski definition) is 3. The zero-order valence-electron chi connectivity index (χ0n) is 11.8. The van der Waals surface area contributed by atoms with E-state index in [0.29, 0.717) is 24.8 Å². The van der Waals surface area contributed by atoms with Crippen LogP contribution in [0.2, 0.25) is 0 Å². The quantitative estimate of drug-likeness (QED) is 0.790. The van der Waals surface area contributed by atoms with E-state index < -0.39 is 0 Å². The van der Waals surface area contributed by atoms with E-state index in [-0.39, 0.29) is 5.91 Å². The summed E-state index contributed by atoms with van der Waals surface area (Å²) in [5.41, 5.74) is 0.956. The lowest BCUT2D eigenvalue weighted by molar-refractivity contribution is -0.129. The van der Waals surface area contributed by atoms with Crippen molar-refractivity contribution in [2.75, 3.05) is 20.8 Å². The molecule has 104 valence electrons.